The summed E-state index contributed by atoms with van der Waals surface area (Å²) in [5.41, 5.74) is 0.885. The van der Waals surface area contributed by atoms with Crippen molar-refractivity contribution in [2.75, 3.05) is 13.2 Å². The zero-order valence-corrected chi connectivity index (χ0v) is 11.9. The zero-order valence-electron chi connectivity index (χ0n) is 11.9. The second-order valence-corrected chi connectivity index (χ2v) is 4.25. The van der Waals surface area contributed by atoms with E-state index >= 15 is 0 Å². The molecule has 20 heavy (non-hydrogen) atoms. The summed E-state index contributed by atoms with van der Waals surface area (Å²) in [7, 11) is 0. The third-order valence-electron chi connectivity index (χ3n) is 2.66. The van der Waals surface area contributed by atoms with Crippen molar-refractivity contribution in [2.45, 2.75) is 33.2 Å². The van der Waals surface area contributed by atoms with Gasteiger partial charge in [0.1, 0.15) is 5.75 Å². The number of nitrogens with one attached hydrogen (secondary N) is 1. The number of rotatable bonds is 8. The van der Waals surface area contributed by atoms with Crippen LogP contribution in [0, 0.1) is 22.0 Å². The second-order valence-electron chi connectivity index (χ2n) is 4.25. The minimum absolute atomic E-state index is 0.0824. The average molecular weight is 276 g/mol. The Morgan fingerprint density at radius 3 is 2.90 bits per heavy atom. The van der Waals surface area contributed by atoms with E-state index in [4.69, 9.17) is 4.74 Å². The second kappa shape index (κ2) is 8.94. The van der Waals surface area contributed by atoms with E-state index in [2.05, 4.69) is 24.1 Å². The quantitative estimate of drug-likeness (QED) is 0.343. The Balaban J connectivity index is 2.77. The van der Waals surface area contributed by atoms with Crippen molar-refractivity contribution in [3.8, 4) is 17.6 Å². The summed E-state index contributed by atoms with van der Waals surface area (Å²) >= 11 is 0. The van der Waals surface area contributed by atoms with Crippen LogP contribution in [0.5, 0.6) is 5.75 Å². The third-order valence-corrected chi connectivity index (χ3v) is 2.66. The van der Waals surface area contributed by atoms with E-state index in [1.807, 2.05) is 0 Å². The van der Waals surface area contributed by atoms with Gasteiger partial charge in [0.2, 0.25) is 0 Å². The summed E-state index contributed by atoms with van der Waals surface area (Å²) in [6.07, 6.45) is 1.66. The Kier molecular flexibility index (Phi) is 7.15. The Hall–Kier alpha value is -2.06. The summed E-state index contributed by atoms with van der Waals surface area (Å²) in [6, 6.07) is 4.67. The number of nitro groups is 1. The van der Waals surface area contributed by atoms with E-state index in [-0.39, 0.29) is 5.69 Å². The molecule has 0 aliphatic carbocycles. The van der Waals surface area contributed by atoms with Crippen LogP contribution >= 0.6 is 0 Å². The minimum Gasteiger partial charge on any atom is -0.492 e. The van der Waals surface area contributed by atoms with Crippen molar-refractivity contribution in [2.24, 2.45) is 0 Å². The number of hydrogen-bond donors (Lipinski definition) is 1. The highest BCUT2D eigenvalue weighted by molar-refractivity contribution is 5.43. The molecule has 0 spiro atoms. The molecule has 0 amide bonds. The lowest BCUT2D eigenvalue weighted by Crippen LogP contribution is -2.15. The molecule has 0 saturated carbocycles. The van der Waals surface area contributed by atoms with Gasteiger partial charge < -0.3 is 10.1 Å². The van der Waals surface area contributed by atoms with Crippen molar-refractivity contribution in [3.05, 3.63) is 33.9 Å². The first-order valence-electron chi connectivity index (χ1n) is 6.69. The summed E-state index contributed by atoms with van der Waals surface area (Å²) in [4.78, 5) is 10.4. The van der Waals surface area contributed by atoms with Gasteiger partial charge in [0, 0.05) is 30.7 Å². The van der Waals surface area contributed by atoms with Crippen LogP contribution in [0.25, 0.3) is 0 Å². The fourth-order valence-electron chi connectivity index (χ4n) is 1.70. The zero-order chi connectivity index (χ0) is 14.8. The van der Waals surface area contributed by atoms with Gasteiger partial charge in [-0.25, -0.2) is 0 Å². The maximum absolute atomic E-state index is 10.8. The number of nitro benzene ring substituents is 1. The monoisotopic (exact) mass is 276 g/mol. The van der Waals surface area contributed by atoms with Crippen molar-refractivity contribution in [3.63, 3.8) is 0 Å². The molecule has 1 rings (SSSR count). The number of benzene rings is 1. The highest BCUT2D eigenvalue weighted by Crippen LogP contribution is 2.24. The predicted octanol–water partition coefficient (Wildman–Crippen LogP) is 2.89. The fraction of sp³-hybridized carbons (Fsp3) is 0.467. The molecule has 0 heterocycles. The van der Waals surface area contributed by atoms with Gasteiger partial charge in [0.15, 0.2) is 0 Å². The van der Waals surface area contributed by atoms with E-state index in [0.29, 0.717) is 25.3 Å². The molecule has 0 fully saturated rings. The largest absolute Gasteiger partial charge is 0.492 e. The first-order chi connectivity index (χ1) is 9.69. The Morgan fingerprint density at radius 2 is 2.25 bits per heavy atom. The van der Waals surface area contributed by atoms with Gasteiger partial charge >= 0.3 is 0 Å². The van der Waals surface area contributed by atoms with Gasteiger partial charge in [-0.1, -0.05) is 6.92 Å². The molecule has 5 nitrogen and oxygen atoms in total. The highest BCUT2D eigenvalue weighted by Gasteiger charge is 2.11. The molecule has 5 heteroatoms. The summed E-state index contributed by atoms with van der Waals surface area (Å²) in [6.45, 7) is 5.76. The minimum atomic E-state index is -0.393. The van der Waals surface area contributed by atoms with Crippen LogP contribution in [-0.4, -0.2) is 18.1 Å². The van der Waals surface area contributed by atoms with E-state index in [0.717, 1.165) is 18.5 Å². The van der Waals surface area contributed by atoms with Crippen molar-refractivity contribution in [1.29, 1.82) is 0 Å². The maximum Gasteiger partial charge on any atom is 0.270 e. The number of non-ortho nitro benzene ring substituents is 1. The summed E-state index contributed by atoms with van der Waals surface area (Å²) < 4.78 is 5.64. The van der Waals surface area contributed by atoms with Crippen LogP contribution in [-0.2, 0) is 6.54 Å². The normalized spacial score (nSPS) is 9.70. The van der Waals surface area contributed by atoms with E-state index < -0.39 is 4.92 Å². The molecule has 0 aliphatic heterocycles. The van der Waals surface area contributed by atoms with Crippen molar-refractivity contribution >= 4 is 5.69 Å². The Morgan fingerprint density at radius 1 is 1.45 bits per heavy atom. The van der Waals surface area contributed by atoms with Crippen LogP contribution in [0.15, 0.2) is 18.2 Å². The first kappa shape index (κ1) is 16.0. The standard InChI is InChI=1S/C15H20N2O3/c1-3-5-6-10-20-15-8-7-14(17(18)19)11-13(15)12-16-9-4-2/h7-8,11,16H,4,6,9-10,12H2,1-2H3. The highest BCUT2D eigenvalue weighted by atomic mass is 16.6. The van der Waals surface area contributed by atoms with Crippen LogP contribution < -0.4 is 10.1 Å². The lowest BCUT2D eigenvalue weighted by atomic mass is 10.1. The summed E-state index contributed by atoms with van der Waals surface area (Å²) in [5, 5.41) is 14.0. The van der Waals surface area contributed by atoms with Gasteiger partial charge in [0.25, 0.3) is 5.69 Å². The molecule has 1 N–H and O–H groups in total. The fourth-order valence-corrected chi connectivity index (χ4v) is 1.70. The third kappa shape index (κ3) is 5.29. The Labute approximate surface area is 119 Å². The van der Waals surface area contributed by atoms with Crippen LogP contribution in [0.3, 0.4) is 0 Å². The lowest BCUT2D eigenvalue weighted by Gasteiger charge is -2.11. The Bertz CT molecular complexity index is 504. The van der Waals surface area contributed by atoms with Crippen LogP contribution in [0.4, 0.5) is 5.69 Å². The molecule has 108 valence electrons. The lowest BCUT2D eigenvalue weighted by molar-refractivity contribution is -0.384. The van der Waals surface area contributed by atoms with Gasteiger partial charge in [-0.3, -0.25) is 10.1 Å². The van der Waals surface area contributed by atoms with Gasteiger partial charge in [-0.15, -0.1) is 11.8 Å². The molecule has 0 saturated heterocycles. The van der Waals surface area contributed by atoms with E-state index in [1.165, 1.54) is 6.07 Å². The molecule has 0 unspecified atom stereocenters. The molecule has 1 aromatic carbocycles. The van der Waals surface area contributed by atoms with E-state index in [9.17, 15) is 10.1 Å². The molecular weight excluding hydrogens is 256 g/mol. The van der Waals surface area contributed by atoms with Gasteiger partial charge in [-0.05, 0) is 26.0 Å². The first-order valence-corrected chi connectivity index (χ1v) is 6.69. The number of ether oxygens (including phenoxy) is 1. The van der Waals surface area contributed by atoms with Crippen LogP contribution in [0.2, 0.25) is 0 Å². The number of hydrogen-bond acceptors (Lipinski definition) is 4. The molecule has 0 bridgehead atoms. The van der Waals surface area contributed by atoms with Crippen LogP contribution in [0.1, 0.15) is 32.3 Å². The summed E-state index contributed by atoms with van der Waals surface area (Å²) in [5.74, 6) is 6.40. The molecular formula is C15H20N2O3. The van der Waals surface area contributed by atoms with Crippen molar-refractivity contribution < 1.29 is 9.66 Å². The maximum atomic E-state index is 10.8. The molecule has 0 aromatic heterocycles. The van der Waals surface area contributed by atoms with Gasteiger partial charge in [-0.2, -0.15) is 0 Å². The van der Waals surface area contributed by atoms with Crippen molar-refractivity contribution in [1.82, 2.24) is 5.32 Å². The predicted molar refractivity (Wildman–Crippen MR) is 78.7 cm³/mol. The topological polar surface area (TPSA) is 64.4 Å². The average Bonchev–Trinajstić information content (AvgIpc) is 2.44. The molecule has 1 aromatic rings. The smallest absolute Gasteiger partial charge is 0.270 e. The molecule has 0 radical (unpaired) electrons. The molecule has 0 aliphatic rings. The SMILES string of the molecule is CC#CCCOc1ccc([N+](=O)[O-])cc1CNCCC. The number of nitrogens with zero attached hydrogens (tertiary/aromatic N) is 1. The van der Waals surface area contributed by atoms with E-state index in [1.54, 1.807) is 19.1 Å². The van der Waals surface area contributed by atoms with Gasteiger partial charge in [0.05, 0.1) is 11.5 Å². The molecule has 0 atom stereocenters.